The van der Waals surface area contributed by atoms with Crippen LogP contribution in [0, 0.1) is 0 Å². The lowest BCUT2D eigenvalue weighted by atomic mass is 9.82. The molecule has 0 saturated carbocycles. The third kappa shape index (κ3) is 3.77. The molecule has 202 valence electrons. The van der Waals surface area contributed by atoms with Crippen LogP contribution in [0.25, 0.3) is 38.8 Å². The molecule has 0 bridgehead atoms. The normalized spacial score (nSPS) is 13.3. The van der Waals surface area contributed by atoms with Crippen molar-refractivity contribution < 1.29 is 0 Å². The van der Waals surface area contributed by atoms with Crippen LogP contribution < -0.4 is 4.90 Å². The maximum absolute atomic E-state index is 4.87. The summed E-state index contributed by atoms with van der Waals surface area (Å²) in [5.41, 5.74) is 13.5. The van der Waals surface area contributed by atoms with Gasteiger partial charge in [-0.15, -0.1) is 0 Å². The minimum Gasteiger partial charge on any atom is -0.337 e. The Morgan fingerprint density at radius 1 is 0.619 bits per heavy atom. The second kappa shape index (κ2) is 9.46. The first-order valence-electron chi connectivity index (χ1n) is 14.6. The molecule has 42 heavy (non-hydrogen) atoms. The minimum absolute atomic E-state index is 0.0473. The van der Waals surface area contributed by atoms with Crippen LogP contribution in [0.2, 0.25) is 0 Å². The van der Waals surface area contributed by atoms with Crippen LogP contribution in [0.15, 0.2) is 140 Å². The van der Waals surface area contributed by atoms with Crippen LogP contribution in [0.1, 0.15) is 30.5 Å². The highest BCUT2D eigenvalue weighted by molar-refractivity contribution is 6.09. The zero-order valence-corrected chi connectivity index (χ0v) is 23.8. The van der Waals surface area contributed by atoms with Gasteiger partial charge in [0.15, 0.2) is 0 Å². The van der Waals surface area contributed by atoms with E-state index in [-0.39, 0.29) is 5.41 Å². The predicted octanol–water partition coefficient (Wildman–Crippen LogP) is 9.82. The van der Waals surface area contributed by atoms with Crippen molar-refractivity contribution in [2.24, 2.45) is 0 Å². The van der Waals surface area contributed by atoms with E-state index in [1.54, 1.807) is 0 Å². The molecule has 0 N–H and O–H groups in total. The summed E-state index contributed by atoms with van der Waals surface area (Å²) < 4.78 is 2.38. The maximum Gasteiger partial charge on any atom is 0.0963 e. The molecule has 0 saturated heterocycles. The van der Waals surface area contributed by atoms with Gasteiger partial charge in [0.1, 0.15) is 0 Å². The van der Waals surface area contributed by atoms with Crippen molar-refractivity contribution in [1.29, 1.82) is 0 Å². The van der Waals surface area contributed by atoms with E-state index in [1.807, 2.05) is 12.3 Å². The molecule has 0 spiro atoms. The highest BCUT2D eigenvalue weighted by atomic mass is 15.1. The van der Waals surface area contributed by atoms with Crippen LogP contribution in [0.3, 0.4) is 0 Å². The lowest BCUT2D eigenvalue weighted by Crippen LogP contribution is -2.16. The Balaban J connectivity index is 1.24. The van der Waals surface area contributed by atoms with Crippen molar-refractivity contribution in [1.82, 2.24) is 9.55 Å². The Kier molecular flexibility index (Phi) is 5.55. The van der Waals surface area contributed by atoms with Gasteiger partial charge in [0.05, 0.1) is 16.6 Å². The predicted molar refractivity (Wildman–Crippen MR) is 175 cm³/mol. The summed E-state index contributed by atoms with van der Waals surface area (Å²) in [7, 11) is 0. The van der Waals surface area contributed by atoms with Gasteiger partial charge in [-0.25, -0.2) is 0 Å². The van der Waals surface area contributed by atoms with Gasteiger partial charge < -0.3 is 9.47 Å². The van der Waals surface area contributed by atoms with Crippen LogP contribution in [0.5, 0.6) is 0 Å². The largest absolute Gasteiger partial charge is 0.337 e. The molecule has 3 nitrogen and oxygen atoms in total. The number of nitrogens with zero attached hydrogens (tertiary/aromatic N) is 3. The Bertz CT molecular complexity index is 2030. The average molecular weight is 542 g/mol. The van der Waals surface area contributed by atoms with Gasteiger partial charge in [0.25, 0.3) is 0 Å². The van der Waals surface area contributed by atoms with Crippen molar-refractivity contribution in [2.45, 2.75) is 25.8 Å². The summed E-state index contributed by atoms with van der Waals surface area (Å²) in [6.07, 6.45) is 1.91. The zero-order chi connectivity index (χ0) is 28.3. The lowest BCUT2D eigenvalue weighted by molar-refractivity contribution is 0.661. The molecule has 0 aliphatic heterocycles. The van der Waals surface area contributed by atoms with E-state index in [9.17, 15) is 0 Å². The van der Waals surface area contributed by atoms with Crippen LogP contribution in [0.4, 0.5) is 11.4 Å². The number of para-hydroxylation sites is 2. The second-order valence-corrected chi connectivity index (χ2v) is 11.7. The summed E-state index contributed by atoms with van der Waals surface area (Å²) in [5, 5.41) is 1.20. The molecule has 1 aliphatic rings. The third-order valence-corrected chi connectivity index (χ3v) is 8.89. The molecule has 0 fully saturated rings. The summed E-state index contributed by atoms with van der Waals surface area (Å²) in [5.74, 6) is 0. The second-order valence-electron chi connectivity index (χ2n) is 11.7. The van der Waals surface area contributed by atoms with E-state index in [1.165, 1.54) is 50.1 Å². The number of hydrogen-bond acceptors (Lipinski definition) is 2. The number of aromatic nitrogens is 2. The number of rotatable bonds is 5. The SMILES string of the molecule is CC1(C)c2ccccc2-c2cc3c(cc21)c1ncccc1n3-c1ccc(CN(c2ccccc2)c2ccccc2)cc1. The molecule has 3 heteroatoms. The van der Waals surface area contributed by atoms with Crippen molar-refractivity contribution in [3.63, 3.8) is 0 Å². The standard InChI is InChI=1S/C39H31N3/c1-39(2)34-17-10-9-16-31(34)32-25-37-33(24-35(32)39)38-36(18-11-23-40-38)42(37)30-21-19-27(20-22-30)26-41(28-12-5-3-6-13-28)29-14-7-4-8-15-29/h3-25H,26H2,1-2H3. The number of fused-ring (bicyclic) bond motifs is 6. The first-order chi connectivity index (χ1) is 20.6. The molecule has 0 atom stereocenters. The van der Waals surface area contributed by atoms with Crippen molar-refractivity contribution in [2.75, 3.05) is 4.90 Å². The van der Waals surface area contributed by atoms with E-state index >= 15 is 0 Å². The van der Waals surface area contributed by atoms with E-state index in [2.05, 4.69) is 151 Å². The smallest absolute Gasteiger partial charge is 0.0963 e. The third-order valence-electron chi connectivity index (χ3n) is 8.89. The number of anilines is 2. The van der Waals surface area contributed by atoms with Crippen molar-refractivity contribution >= 4 is 33.3 Å². The van der Waals surface area contributed by atoms with Crippen LogP contribution in [-0.2, 0) is 12.0 Å². The molecular formula is C39H31N3. The Morgan fingerprint density at radius 3 is 2.00 bits per heavy atom. The highest BCUT2D eigenvalue weighted by Gasteiger charge is 2.36. The molecule has 2 heterocycles. The van der Waals surface area contributed by atoms with E-state index in [4.69, 9.17) is 4.98 Å². The molecular weight excluding hydrogens is 510 g/mol. The van der Waals surface area contributed by atoms with Crippen LogP contribution >= 0.6 is 0 Å². The molecule has 0 unspecified atom stereocenters. The molecule has 8 rings (SSSR count). The molecule has 5 aromatic carbocycles. The van der Waals surface area contributed by atoms with Gasteiger partial charge in [-0.05, 0) is 88.5 Å². The van der Waals surface area contributed by atoms with Gasteiger partial charge in [-0.3, -0.25) is 4.98 Å². The minimum atomic E-state index is -0.0473. The van der Waals surface area contributed by atoms with Gasteiger partial charge in [0.2, 0.25) is 0 Å². The molecule has 7 aromatic rings. The van der Waals surface area contributed by atoms with Crippen molar-refractivity contribution in [3.05, 3.63) is 156 Å². The Labute approximate surface area is 246 Å². The summed E-state index contributed by atoms with van der Waals surface area (Å²) >= 11 is 0. The highest BCUT2D eigenvalue weighted by Crippen LogP contribution is 2.50. The number of hydrogen-bond donors (Lipinski definition) is 0. The first kappa shape index (κ1) is 24.6. The van der Waals surface area contributed by atoms with Gasteiger partial charge in [-0.1, -0.05) is 86.6 Å². The monoisotopic (exact) mass is 541 g/mol. The quantitative estimate of drug-likeness (QED) is 0.216. The fourth-order valence-corrected chi connectivity index (χ4v) is 6.78. The first-order valence-corrected chi connectivity index (χ1v) is 14.6. The van der Waals surface area contributed by atoms with Gasteiger partial charge in [-0.2, -0.15) is 0 Å². The summed E-state index contributed by atoms with van der Waals surface area (Å²) in [6.45, 7) is 5.45. The van der Waals surface area contributed by atoms with E-state index in [0.29, 0.717) is 0 Å². The number of benzene rings is 5. The topological polar surface area (TPSA) is 21.1 Å². The fourth-order valence-electron chi connectivity index (χ4n) is 6.78. The Hall–Kier alpha value is -5.15. The maximum atomic E-state index is 4.87. The molecule has 2 aromatic heterocycles. The molecule has 1 aliphatic carbocycles. The molecule has 0 amide bonds. The Morgan fingerprint density at radius 2 is 1.29 bits per heavy atom. The molecule has 0 radical (unpaired) electrons. The average Bonchev–Trinajstić information content (AvgIpc) is 3.48. The van der Waals surface area contributed by atoms with Crippen LogP contribution in [-0.4, -0.2) is 9.55 Å². The lowest BCUT2D eigenvalue weighted by Gasteiger charge is -2.25. The zero-order valence-electron chi connectivity index (χ0n) is 23.8. The van der Waals surface area contributed by atoms with E-state index in [0.717, 1.165) is 23.3 Å². The summed E-state index contributed by atoms with van der Waals surface area (Å²) in [6, 6.07) is 48.1. The van der Waals surface area contributed by atoms with E-state index < -0.39 is 0 Å². The van der Waals surface area contributed by atoms with Crippen molar-refractivity contribution in [3.8, 4) is 16.8 Å². The fraction of sp³-hybridized carbons (Fsp3) is 0.103. The van der Waals surface area contributed by atoms with Gasteiger partial charge in [0, 0.05) is 40.6 Å². The summed E-state index contributed by atoms with van der Waals surface area (Å²) in [4.78, 5) is 7.24. The number of pyridine rings is 1. The van der Waals surface area contributed by atoms with Gasteiger partial charge >= 0.3 is 0 Å².